The SMILES string of the molecule is COc1ncc(-c2cc(F)ccc2N)cn1. The van der Waals surface area contributed by atoms with Crippen molar-refractivity contribution in [3.05, 3.63) is 36.4 Å². The highest BCUT2D eigenvalue weighted by molar-refractivity contribution is 5.75. The standard InChI is InChI=1S/C11H10FN3O/c1-16-11-14-5-7(6-15-11)9-4-8(12)2-3-10(9)13/h2-6H,13H2,1H3. The molecule has 5 heteroatoms. The van der Waals surface area contributed by atoms with E-state index in [0.717, 1.165) is 0 Å². The number of benzene rings is 1. The van der Waals surface area contributed by atoms with Crippen molar-refractivity contribution in [2.75, 3.05) is 12.8 Å². The molecule has 0 saturated carbocycles. The Labute approximate surface area is 91.9 Å². The summed E-state index contributed by atoms with van der Waals surface area (Å²) in [4.78, 5) is 7.87. The molecule has 0 amide bonds. The molecule has 0 aliphatic heterocycles. The fourth-order valence-corrected chi connectivity index (χ4v) is 1.34. The van der Waals surface area contributed by atoms with E-state index < -0.39 is 0 Å². The van der Waals surface area contributed by atoms with Gasteiger partial charge in [0.15, 0.2) is 0 Å². The average molecular weight is 219 g/mol. The van der Waals surface area contributed by atoms with E-state index in [-0.39, 0.29) is 11.8 Å². The summed E-state index contributed by atoms with van der Waals surface area (Å²) in [6.07, 6.45) is 3.08. The Bertz CT molecular complexity index is 499. The molecule has 2 rings (SSSR count). The third kappa shape index (κ3) is 1.93. The van der Waals surface area contributed by atoms with Gasteiger partial charge in [-0.05, 0) is 18.2 Å². The smallest absolute Gasteiger partial charge is 0.316 e. The Morgan fingerprint density at radius 3 is 2.56 bits per heavy atom. The minimum Gasteiger partial charge on any atom is -0.467 e. The van der Waals surface area contributed by atoms with Crippen molar-refractivity contribution in [3.8, 4) is 17.1 Å². The number of nitrogens with zero attached hydrogens (tertiary/aromatic N) is 2. The number of ether oxygens (including phenoxy) is 1. The summed E-state index contributed by atoms with van der Waals surface area (Å²) in [5, 5.41) is 0. The van der Waals surface area contributed by atoms with E-state index in [1.807, 2.05) is 0 Å². The molecule has 0 bridgehead atoms. The molecule has 1 aromatic carbocycles. The summed E-state index contributed by atoms with van der Waals surface area (Å²) >= 11 is 0. The molecule has 0 spiro atoms. The molecule has 0 saturated heterocycles. The molecule has 16 heavy (non-hydrogen) atoms. The highest BCUT2D eigenvalue weighted by atomic mass is 19.1. The van der Waals surface area contributed by atoms with Crippen molar-refractivity contribution in [3.63, 3.8) is 0 Å². The fraction of sp³-hybridized carbons (Fsp3) is 0.0909. The third-order valence-corrected chi connectivity index (χ3v) is 2.14. The largest absolute Gasteiger partial charge is 0.467 e. The van der Waals surface area contributed by atoms with Crippen molar-refractivity contribution in [1.82, 2.24) is 9.97 Å². The second kappa shape index (κ2) is 4.14. The lowest BCUT2D eigenvalue weighted by Gasteiger charge is -2.05. The number of anilines is 1. The van der Waals surface area contributed by atoms with E-state index in [1.54, 1.807) is 0 Å². The maximum Gasteiger partial charge on any atom is 0.316 e. The van der Waals surface area contributed by atoms with Crippen LogP contribution in [0.25, 0.3) is 11.1 Å². The lowest BCUT2D eigenvalue weighted by molar-refractivity contribution is 0.380. The Kier molecular flexibility index (Phi) is 2.68. The fourth-order valence-electron chi connectivity index (χ4n) is 1.34. The predicted octanol–water partition coefficient (Wildman–Crippen LogP) is 1.87. The zero-order valence-electron chi connectivity index (χ0n) is 8.64. The maximum absolute atomic E-state index is 13.1. The monoisotopic (exact) mass is 219 g/mol. The van der Waals surface area contributed by atoms with Crippen LogP contribution in [-0.2, 0) is 0 Å². The molecular weight excluding hydrogens is 209 g/mol. The minimum absolute atomic E-state index is 0.263. The summed E-state index contributed by atoms with van der Waals surface area (Å²) in [7, 11) is 1.48. The van der Waals surface area contributed by atoms with Crippen LogP contribution in [0, 0.1) is 5.82 Å². The van der Waals surface area contributed by atoms with Gasteiger partial charge < -0.3 is 10.5 Å². The Morgan fingerprint density at radius 2 is 1.94 bits per heavy atom. The molecular formula is C11H10FN3O. The topological polar surface area (TPSA) is 61.0 Å². The second-order valence-electron chi connectivity index (χ2n) is 3.19. The molecule has 0 fully saturated rings. The minimum atomic E-state index is -0.347. The first-order valence-electron chi connectivity index (χ1n) is 4.62. The summed E-state index contributed by atoms with van der Waals surface area (Å²) < 4.78 is 17.9. The van der Waals surface area contributed by atoms with Gasteiger partial charge in [-0.25, -0.2) is 14.4 Å². The lowest BCUT2D eigenvalue weighted by Crippen LogP contribution is -1.94. The van der Waals surface area contributed by atoms with Crippen molar-refractivity contribution in [1.29, 1.82) is 0 Å². The van der Waals surface area contributed by atoms with Gasteiger partial charge in [-0.1, -0.05) is 0 Å². The van der Waals surface area contributed by atoms with Gasteiger partial charge in [0, 0.05) is 29.2 Å². The number of halogens is 1. The molecule has 2 aromatic rings. The Balaban J connectivity index is 2.45. The first kappa shape index (κ1) is 10.4. The molecule has 2 N–H and O–H groups in total. The van der Waals surface area contributed by atoms with Crippen LogP contribution in [-0.4, -0.2) is 17.1 Å². The third-order valence-electron chi connectivity index (χ3n) is 2.14. The summed E-state index contributed by atoms with van der Waals surface area (Å²) in [6, 6.07) is 4.43. The number of aromatic nitrogens is 2. The van der Waals surface area contributed by atoms with Gasteiger partial charge >= 0.3 is 6.01 Å². The van der Waals surface area contributed by atoms with E-state index in [4.69, 9.17) is 10.5 Å². The highest BCUT2D eigenvalue weighted by Gasteiger charge is 2.05. The van der Waals surface area contributed by atoms with Crippen LogP contribution in [0.2, 0.25) is 0 Å². The maximum atomic E-state index is 13.1. The predicted molar refractivity (Wildman–Crippen MR) is 58.4 cm³/mol. The van der Waals surface area contributed by atoms with Crippen molar-refractivity contribution < 1.29 is 9.13 Å². The van der Waals surface area contributed by atoms with Gasteiger partial charge in [0.25, 0.3) is 0 Å². The molecule has 0 aliphatic carbocycles. The van der Waals surface area contributed by atoms with E-state index >= 15 is 0 Å². The van der Waals surface area contributed by atoms with Gasteiger partial charge in [0.2, 0.25) is 0 Å². The molecule has 4 nitrogen and oxygen atoms in total. The first-order valence-corrected chi connectivity index (χ1v) is 4.62. The molecule has 0 atom stereocenters. The number of rotatable bonds is 2. The number of methoxy groups -OCH3 is 1. The van der Waals surface area contributed by atoms with Gasteiger partial charge in [0.1, 0.15) is 5.82 Å². The number of hydrogen-bond acceptors (Lipinski definition) is 4. The average Bonchev–Trinajstić information content (AvgIpc) is 2.32. The van der Waals surface area contributed by atoms with Gasteiger partial charge in [-0.15, -0.1) is 0 Å². The second-order valence-corrected chi connectivity index (χ2v) is 3.19. The van der Waals surface area contributed by atoms with E-state index in [9.17, 15) is 4.39 Å². The first-order chi connectivity index (χ1) is 7.70. The molecule has 82 valence electrons. The zero-order valence-corrected chi connectivity index (χ0v) is 8.64. The highest BCUT2D eigenvalue weighted by Crippen LogP contribution is 2.25. The van der Waals surface area contributed by atoms with Crippen molar-refractivity contribution >= 4 is 5.69 Å². The van der Waals surface area contributed by atoms with Crippen LogP contribution in [0.1, 0.15) is 0 Å². The van der Waals surface area contributed by atoms with Crippen LogP contribution in [0.15, 0.2) is 30.6 Å². The van der Waals surface area contributed by atoms with Crippen molar-refractivity contribution in [2.24, 2.45) is 0 Å². The number of nitrogen functional groups attached to an aromatic ring is 1. The number of nitrogens with two attached hydrogens (primary N) is 1. The van der Waals surface area contributed by atoms with Crippen LogP contribution in [0.4, 0.5) is 10.1 Å². The number of hydrogen-bond donors (Lipinski definition) is 1. The molecule has 0 aliphatic rings. The van der Waals surface area contributed by atoms with E-state index in [2.05, 4.69) is 9.97 Å². The van der Waals surface area contributed by atoms with Gasteiger partial charge in [-0.2, -0.15) is 0 Å². The summed E-state index contributed by atoms with van der Waals surface area (Å²) in [5.41, 5.74) is 7.44. The lowest BCUT2D eigenvalue weighted by atomic mass is 10.1. The van der Waals surface area contributed by atoms with Crippen LogP contribution >= 0.6 is 0 Å². The quantitative estimate of drug-likeness (QED) is 0.783. The van der Waals surface area contributed by atoms with Crippen LogP contribution in [0.3, 0.4) is 0 Å². The van der Waals surface area contributed by atoms with Crippen LogP contribution < -0.4 is 10.5 Å². The molecule has 0 unspecified atom stereocenters. The normalized spacial score (nSPS) is 10.1. The van der Waals surface area contributed by atoms with E-state index in [1.165, 1.54) is 37.7 Å². The molecule has 0 radical (unpaired) electrons. The van der Waals surface area contributed by atoms with Gasteiger partial charge in [0.05, 0.1) is 7.11 Å². The summed E-state index contributed by atoms with van der Waals surface area (Å²) in [5.74, 6) is -0.347. The van der Waals surface area contributed by atoms with Crippen molar-refractivity contribution in [2.45, 2.75) is 0 Å². The summed E-state index contributed by atoms with van der Waals surface area (Å²) in [6.45, 7) is 0. The van der Waals surface area contributed by atoms with Gasteiger partial charge in [-0.3, -0.25) is 0 Å². The molecule has 1 aromatic heterocycles. The Hall–Kier alpha value is -2.17. The van der Waals surface area contributed by atoms with E-state index in [0.29, 0.717) is 16.8 Å². The zero-order chi connectivity index (χ0) is 11.5. The van der Waals surface area contributed by atoms with Crippen LogP contribution in [0.5, 0.6) is 6.01 Å². The Morgan fingerprint density at radius 1 is 1.25 bits per heavy atom. The molecule has 1 heterocycles.